The normalized spacial score (nSPS) is 16.1. The highest BCUT2D eigenvalue weighted by Crippen LogP contribution is 2.42. The van der Waals surface area contributed by atoms with Crippen molar-refractivity contribution in [2.45, 2.75) is 5.37 Å². The summed E-state index contributed by atoms with van der Waals surface area (Å²) in [7, 11) is 0. The highest BCUT2D eigenvalue weighted by atomic mass is 35.5. The lowest BCUT2D eigenvalue weighted by molar-refractivity contribution is -0.115. The first kappa shape index (κ1) is 20.0. The summed E-state index contributed by atoms with van der Waals surface area (Å²) in [5, 5.41) is 0.620. The molecule has 0 aliphatic carbocycles. The van der Waals surface area contributed by atoms with Gasteiger partial charge in [0.1, 0.15) is 16.9 Å². The fraction of sp³-hybridized carbons (Fsp3) is 0.136. The molecule has 1 heterocycles. The van der Waals surface area contributed by atoms with Crippen LogP contribution in [0.2, 0.25) is 5.02 Å². The van der Waals surface area contributed by atoms with Gasteiger partial charge >= 0.3 is 0 Å². The third-order valence-corrected chi connectivity index (χ3v) is 6.33. The smallest absolute Gasteiger partial charge is 0.238 e. The van der Waals surface area contributed by atoms with E-state index in [1.54, 1.807) is 35.8 Å². The number of anilines is 2. The van der Waals surface area contributed by atoms with E-state index in [1.165, 1.54) is 0 Å². The number of carbonyl (C=O) groups is 1. The van der Waals surface area contributed by atoms with E-state index in [1.807, 2.05) is 59.7 Å². The Morgan fingerprint density at radius 3 is 2.45 bits per heavy atom. The van der Waals surface area contributed by atoms with Crippen molar-refractivity contribution in [3.05, 3.63) is 83.4 Å². The van der Waals surface area contributed by atoms with E-state index in [2.05, 4.69) is 16.9 Å². The molecular weight excluding hydrogens is 424 g/mol. The standard InChI is InChI=1S/C22H19ClN2O2S2/c1-28-24-17-4-2-3-15(13-17)22-25(21(26)14-29-22)18-7-11-20(12-8-18)27-19-9-5-16(23)6-10-19/h2-13,22,24H,14H2,1H3. The number of hydrogen-bond donors (Lipinski definition) is 1. The molecule has 0 spiro atoms. The Labute approximate surface area is 183 Å². The van der Waals surface area contributed by atoms with Crippen LogP contribution in [-0.2, 0) is 4.79 Å². The van der Waals surface area contributed by atoms with Crippen LogP contribution in [0.5, 0.6) is 11.5 Å². The second kappa shape index (κ2) is 9.03. The number of thioether (sulfide) groups is 1. The van der Waals surface area contributed by atoms with Gasteiger partial charge in [-0.1, -0.05) is 35.7 Å². The molecule has 3 aromatic carbocycles. The van der Waals surface area contributed by atoms with Gasteiger partial charge in [0, 0.05) is 22.7 Å². The number of nitrogens with zero attached hydrogens (tertiary/aromatic N) is 1. The minimum Gasteiger partial charge on any atom is -0.457 e. The van der Waals surface area contributed by atoms with Gasteiger partial charge in [-0.2, -0.15) is 0 Å². The number of halogens is 1. The van der Waals surface area contributed by atoms with E-state index in [-0.39, 0.29) is 11.3 Å². The molecular formula is C22H19ClN2O2S2. The van der Waals surface area contributed by atoms with Gasteiger partial charge in [-0.3, -0.25) is 9.69 Å². The Balaban J connectivity index is 1.54. The first-order valence-electron chi connectivity index (χ1n) is 9.00. The van der Waals surface area contributed by atoms with Gasteiger partial charge in [-0.25, -0.2) is 0 Å². The summed E-state index contributed by atoms with van der Waals surface area (Å²) in [5.74, 6) is 1.99. The molecule has 1 aliphatic heterocycles. The summed E-state index contributed by atoms with van der Waals surface area (Å²) in [6.07, 6.45) is 1.99. The van der Waals surface area contributed by atoms with Crippen LogP contribution in [-0.4, -0.2) is 17.9 Å². The van der Waals surface area contributed by atoms with Gasteiger partial charge < -0.3 is 9.46 Å². The number of amides is 1. The fourth-order valence-corrected chi connectivity index (χ4v) is 4.79. The number of nitrogens with one attached hydrogen (secondary N) is 1. The first-order valence-corrected chi connectivity index (χ1v) is 11.7. The summed E-state index contributed by atoms with van der Waals surface area (Å²) in [4.78, 5) is 14.5. The minimum absolute atomic E-state index is 0.0471. The van der Waals surface area contributed by atoms with Crippen molar-refractivity contribution in [1.29, 1.82) is 0 Å². The molecule has 0 aromatic heterocycles. The van der Waals surface area contributed by atoms with Crippen LogP contribution in [0.25, 0.3) is 0 Å². The highest BCUT2D eigenvalue weighted by molar-refractivity contribution is 8.00. The van der Waals surface area contributed by atoms with E-state index >= 15 is 0 Å². The van der Waals surface area contributed by atoms with Crippen LogP contribution < -0.4 is 14.4 Å². The monoisotopic (exact) mass is 442 g/mol. The van der Waals surface area contributed by atoms with Crippen molar-refractivity contribution >= 4 is 52.6 Å². The molecule has 1 amide bonds. The number of rotatable bonds is 6. The Kier molecular flexibility index (Phi) is 6.23. The largest absolute Gasteiger partial charge is 0.457 e. The highest BCUT2D eigenvalue weighted by Gasteiger charge is 2.34. The topological polar surface area (TPSA) is 41.6 Å². The maximum atomic E-state index is 12.6. The lowest BCUT2D eigenvalue weighted by atomic mass is 10.1. The lowest BCUT2D eigenvalue weighted by Crippen LogP contribution is -2.27. The zero-order valence-corrected chi connectivity index (χ0v) is 18.1. The maximum Gasteiger partial charge on any atom is 0.238 e. The Hall–Kier alpha value is -2.28. The Morgan fingerprint density at radius 2 is 1.76 bits per heavy atom. The average Bonchev–Trinajstić information content (AvgIpc) is 3.12. The van der Waals surface area contributed by atoms with Crippen molar-refractivity contribution in [1.82, 2.24) is 0 Å². The van der Waals surface area contributed by atoms with E-state index < -0.39 is 0 Å². The number of ether oxygens (including phenoxy) is 1. The van der Waals surface area contributed by atoms with Crippen LogP contribution in [0, 0.1) is 0 Å². The van der Waals surface area contributed by atoms with Crippen LogP contribution in [0.15, 0.2) is 72.8 Å². The van der Waals surface area contributed by atoms with Gasteiger partial charge in [-0.15, -0.1) is 11.8 Å². The molecule has 1 aliphatic rings. The quantitative estimate of drug-likeness (QED) is 0.435. The van der Waals surface area contributed by atoms with Crippen molar-refractivity contribution in [3.8, 4) is 11.5 Å². The zero-order chi connectivity index (χ0) is 20.2. The second-order valence-corrected chi connectivity index (χ2v) is 8.53. The summed E-state index contributed by atoms with van der Waals surface area (Å²) in [6.45, 7) is 0. The maximum absolute atomic E-state index is 12.6. The third kappa shape index (κ3) is 4.66. The van der Waals surface area contributed by atoms with E-state index in [0.717, 1.165) is 16.9 Å². The van der Waals surface area contributed by atoms with Gasteiger partial charge in [0.15, 0.2) is 0 Å². The molecule has 1 atom stereocenters. The van der Waals surface area contributed by atoms with Crippen molar-refractivity contribution in [2.24, 2.45) is 0 Å². The fourth-order valence-electron chi connectivity index (χ4n) is 3.14. The Bertz CT molecular complexity index is 996. The van der Waals surface area contributed by atoms with Gasteiger partial charge in [0.25, 0.3) is 0 Å². The van der Waals surface area contributed by atoms with E-state index in [0.29, 0.717) is 22.3 Å². The van der Waals surface area contributed by atoms with Gasteiger partial charge in [-0.05, 0) is 66.2 Å². The number of hydrogen-bond acceptors (Lipinski definition) is 5. The predicted octanol–water partition coefficient (Wildman–Crippen LogP) is 6.60. The third-order valence-electron chi connectivity index (χ3n) is 4.42. The van der Waals surface area contributed by atoms with Crippen molar-refractivity contribution in [2.75, 3.05) is 21.6 Å². The molecule has 29 heavy (non-hydrogen) atoms. The number of carbonyl (C=O) groups excluding carboxylic acids is 1. The summed E-state index contributed by atoms with van der Waals surface area (Å²) >= 11 is 9.10. The molecule has 1 unspecified atom stereocenters. The second-order valence-electron chi connectivity index (χ2n) is 6.41. The Morgan fingerprint density at radius 1 is 1.07 bits per heavy atom. The first-order chi connectivity index (χ1) is 14.1. The van der Waals surface area contributed by atoms with Gasteiger partial charge in [0.05, 0.1) is 5.75 Å². The predicted molar refractivity (Wildman–Crippen MR) is 124 cm³/mol. The molecule has 1 N–H and O–H groups in total. The van der Waals surface area contributed by atoms with E-state index in [4.69, 9.17) is 16.3 Å². The van der Waals surface area contributed by atoms with Crippen LogP contribution in [0.1, 0.15) is 10.9 Å². The zero-order valence-electron chi connectivity index (χ0n) is 15.7. The summed E-state index contributed by atoms with van der Waals surface area (Å²) < 4.78 is 9.10. The van der Waals surface area contributed by atoms with Crippen LogP contribution in [0.3, 0.4) is 0 Å². The van der Waals surface area contributed by atoms with Crippen LogP contribution in [0.4, 0.5) is 11.4 Å². The SMILES string of the molecule is CSNc1cccc(C2SCC(=O)N2c2ccc(Oc3ccc(Cl)cc3)cc2)c1. The minimum atomic E-state index is -0.0471. The molecule has 1 fully saturated rings. The number of benzene rings is 3. The molecule has 0 bridgehead atoms. The van der Waals surface area contributed by atoms with Crippen LogP contribution >= 0.6 is 35.3 Å². The average molecular weight is 443 g/mol. The molecule has 0 saturated carbocycles. The molecule has 4 rings (SSSR count). The van der Waals surface area contributed by atoms with E-state index in [9.17, 15) is 4.79 Å². The van der Waals surface area contributed by atoms with Crippen molar-refractivity contribution < 1.29 is 9.53 Å². The van der Waals surface area contributed by atoms with Crippen molar-refractivity contribution in [3.63, 3.8) is 0 Å². The summed E-state index contributed by atoms with van der Waals surface area (Å²) in [6, 6.07) is 23.0. The van der Waals surface area contributed by atoms with Gasteiger partial charge in [0.2, 0.25) is 5.91 Å². The molecule has 7 heteroatoms. The molecule has 0 radical (unpaired) electrons. The molecule has 1 saturated heterocycles. The lowest BCUT2D eigenvalue weighted by Gasteiger charge is -2.25. The molecule has 3 aromatic rings. The summed E-state index contributed by atoms with van der Waals surface area (Å²) in [5.41, 5.74) is 2.99. The molecule has 148 valence electrons. The molecule has 4 nitrogen and oxygen atoms in total.